The van der Waals surface area contributed by atoms with Gasteiger partial charge in [0.2, 0.25) is 0 Å². The molecule has 0 aromatic heterocycles. The summed E-state index contributed by atoms with van der Waals surface area (Å²) in [4.78, 5) is 24.1. The Bertz CT molecular complexity index is 841. The molecular formula is C17H15N5O2. The molecule has 7 nitrogen and oxygen atoms in total. The van der Waals surface area contributed by atoms with Gasteiger partial charge in [-0.05, 0) is 36.4 Å². The van der Waals surface area contributed by atoms with Crippen molar-refractivity contribution in [2.24, 2.45) is 0 Å². The predicted molar refractivity (Wildman–Crippen MR) is 91.1 cm³/mol. The normalized spacial score (nSPS) is 12.0. The third-order valence-corrected chi connectivity index (χ3v) is 3.51. The van der Waals surface area contributed by atoms with Crippen LogP contribution in [0.1, 0.15) is 15.9 Å². The second-order valence-corrected chi connectivity index (χ2v) is 5.21. The van der Waals surface area contributed by atoms with E-state index in [0.717, 1.165) is 24.5 Å². The summed E-state index contributed by atoms with van der Waals surface area (Å²) < 4.78 is 0. The maximum absolute atomic E-state index is 12.2. The lowest BCUT2D eigenvalue weighted by molar-refractivity contribution is 0.0967. The molecule has 2 aromatic rings. The molecule has 1 heterocycles. The molecule has 4 N–H and O–H groups in total. The molecule has 2 aromatic carbocycles. The summed E-state index contributed by atoms with van der Waals surface area (Å²) in [6.45, 7) is 1.59. The van der Waals surface area contributed by atoms with Gasteiger partial charge in [0.1, 0.15) is 0 Å². The molecule has 0 fully saturated rings. The van der Waals surface area contributed by atoms with Crippen LogP contribution in [0.15, 0.2) is 42.5 Å². The van der Waals surface area contributed by atoms with Crippen LogP contribution in [0.4, 0.5) is 21.9 Å². The zero-order valence-electron chi connectivity index (χ0n) is 12.7. The molecule has 0 bridgehead atoms. The van der Waals surface area contributed by atoms with Gasteiger partial charge in [0.15, 0.2) is 0 Å². The molecule has 120 valence electrons. The third-order valence-electron chi connectivity index (χ3n) is 3.51. The first-order valence-electron chi connectivity index (χ1n) is 7.40. The average Bonchev–Trinajstić information content (AvgIpc) is 2.61. The van der Waals surface area contributed by atoms with E-state index in [4.69, 9.17) is 5.26 Å². The minimum Gasteiger partial charge on any atom is -0.382 e. The molecule has 0 saturated carbocycles. The third kappa shape index (κ3) is 3.44. The molecule has 0 unspecified atom stereocenters. The van der Waals surface area contributed by atoms with Crippen LogP contribution in [-0.2, 0) is 0 Å². The Morgan fingerprint density at radius 3 is 2.62 bits per heavy atom. The Morgan fingerprint density at radius 2 is 1.83 bits per heavy atom. The highest BCUT2D eigenvalue weighted by molar-refractivity contribution is 6.08. The first-order chi connectivity index (χ1) is 11.7. The number of benzene rings is 2. The largest absolute Gasteiger partial charge is 0.382 e. The van der Waals surface area contributed by atoms with Gasteiger partial charge in [-0.3, -0.25) is 10.1 Å². The summed E-state index contributed by atoms with van der Waals surface area (Å²) >= 11 is 0. The summed E-state index contributed by atoms with van der Waals surface area (Å²) in [5.74, 6) is -0.501. The maximum Gasteiger partial charge on any atom is 0.326 e. The monoisotopic (exact) mass is 321 g/mol. The standard InChI is InChI=1S/C17H15N5O2/c18-10-11-2-1-3-13(8-11)21-17(24)22-16(23)12-4-5-14-15(9-12)20-7-6-19-14/h1-5,8-9,19-20H,6-7H2,(H2,21,22,23,24). The minimum absolute atomic E-state index is 0.380. The molecule has 3 amide bonds. The smallest absolute Gasteiger partial charge is 0.326 e. The first-order valence-corrected chi connectivity index (χ1v) is 7.40. The summed E-state index contributed by atoms with van der Waals surface area (Å²) in [7, 11) is 0. The highest BCUT2D eigenvalue weighted by Gasteiger charge is 2.14. The molecular weight excluding hydrogens is 306 g/mol. The number of amides is 3. The number of fused-ring (bicyclic) bond motifs is 1. The van der Waals surface area contributed by atoms with Gasteiger partial charge < -0.3 is 16.0 Å². The van der Waals surface area contributed by atoms with Crippen LogP contribution in [0.3, 0.4) is 0 Å². The van der Waals surface area contributed by atoms with Crippen LogP contribution in [0.25, 0.3) is 0 Å². The fourth-order valence-corrected chi connectivity index (χ4v) is 2.38. The fraction of sp³-hybridized carbons (Fsp3) is 0.118. The van der Waals surface area contributed by atoms with Crippen molar-refractivity contribution in [2.45, 2.75) is 0 Å². The topological polar surface area (TPSA) is 106 Å². The molecule has 3 rings (SSSR count). The zero-order valence-corrected chi connectivity index (χ0v) is 12.7. The Kier molecular flexibility index (Phi) is 4.29. The number of rotatable bonds is 2. The van der Waals surface area contributed by atoms with E-state index in [1.54, 1.807) is 36.4 Å². The predicted octanol–water partition coefficient (Wildman–Crippen LogP) is 2.36. The van der Waals surface area contributed by atoms with E-state index in [0.29, 0.717) is 16.8 Å². The molecule has 1 aliphatic heterocycles. The molecule has 0 atom stereocenters. The molecule has 24 heavy (non-hydrogen) atoms. The fourth-order valence-electron chi connectivity index (χ4n) is 2.38. The van der Waals surface area contributed by atoms with Crippen LogP contribution < -0.4 is 21.3 Å². The number of imide groups is 1. The number of carbonyl (C=O) groups is 2. The number of carbonyl (C=O) groups excluding carboxylic acids is 2. The van der Waals surface area contributed by atoms with Gasteiger partial charge >= 0.3 is 6.03 Å². The summed E-state index contributed by atoms with van der Waals surface area (Å²) in [6.07, 6.45) is 0. The van der Waals surface area contributed by atoms with Crippen molar-refractivity contribution in [1.82, 2.24) is 5.32 Å². The van der Waals surface area contributed by atoms with E-state index in [9.17, 15) is 9.59 Å². The van der Waals surface area contributed by atoms with Gasteiger partial charge in [-0.15, -0.1) is 0 Å². The van der Waals surface area contributed by atoms with Crippen molar-refractivity contribution in [3.63, 3.8) is 0 Å². The van der Waals surface area contributed by atoms with Gasteiger partial charge in [0.05, 0.1) is 23.0 Å². The molecule has 0 saturated heterocycles. The zero-order chi connectivity index (χ0) is 16.9. The number of anilines is 3. The lowest BCUT2D eigenvalue weighted by Crippen LogP contribution is -2.34. The van der Waals surface area contributed by atoms with Gasteiger partial charge in [-0.1, -0.05) is 6.07 Å². The SMILES string of the molecule is N#Cc1cccc(NC(=O)NC(=O)c2ccc3c(c2)NCCN3)c1. The maximum atomic E-state index is 12.2. The van der Waals surface area contributed by atoms with Crippen molar-refractivity contribution >= 4 is 29.0 Å². The van der Waals surface area contributed by atoms with Crippen LogP contribution >= 0.6 is 0 Å². The van der Waals surface area contributed by atoms with Crippen LogP contribution in [0.5, 0.6) is 0 Å². The summed E-state index contributed by atoms with van der Waals surface area (Å²) in [5, 5.41) is 20.0. The summed E-state index contributed by atoms with van der Waals surface area (Å²) in [6, 6.07) is 12.9. The van der Waals surface area contributed by atoms with E-state index in [1.807, 2.05) is 6.07 Å². The number of urea groups is 1. The lowest BCUT2D eigenvalue weighted by atomic mass is 10.1. The number of hydrogen-bond donors (Lipinski definition) is 4. The Hall–Kier alpha value is -3.53. The van der Waals surface area contributed by atoms with Crippen molar-refractivity contribution in [1.29, 1.82) is 5.26 Å². The van der Waals surface area contributed by atoms with E-state index in [-0.39, 0.29) is 0 Å². The molecule has 7 heteroatoms. The molecule has 0 spiro atoms. The number of nitrogens with zero attached hydrogens (tertiary/aromatic N) is 1. The van der Waals surface area contributed by atoms with Crippen LogP contribution in [0, 0.1) is 11.3 Å². The number of hydrogen-bond acceptors (Lipinski definition) is 5. The van der Waals surface area contributed by atoms with Crippen molar-refractivity contribution in [3.8, 4) is 6.07 Å². The van der Waals surface area contributed by atoms with E-state index in [1.165, 1.54) is 6.07 Å². The average molecular weight is 321 g/mol. The molecule has 1 aliphatic rings. The van der Waals surface area contributed by atoms with Gasteiger partial charge in [0, 0.05) is 24.3 Å². The highest BCUT2D eigenvalue weighted by atomic mass is 16.2. The van der Waals surface area contributed by atoms with Crippen molar-refractivity contribution < 1.29 is 9.59 Å². The molecule has 0 radical (unpaired) electrons. The van der Waals surface area contributed by atoms with E-state index in [2.05, 4.69) is 21.3 Å². The van der Waals surface area contributed by atoms with Crippen LogP contribution in [-0.4, -0.2) is 25.0 Å². The second kappa shape index (κ2) is 6.71. The van der Waals surface area contributed by atoms with E-state index < -0.39 is 11.9 Å². The van der Waals surface area contributed by atoms with Crippen LogP contribution in [0.2, 0.25) is 0 Å². The van der Waals surface area contributed by atoms with Crippen molar-refractivity contribution in [3.05, 3.63) is 53.6 Å². The Balaban J connectivity index is 1.66. The highest BCUT2D eigenvalue weighted by Crippen LogP contribution is 2.25. The molecule has 0 aliphatic carbocycles. The number of nitrogens with one attached hydrogen (secondary N) is 4. The summed E-state index contributed by atoms with van der Waals surface area (Å²) in [5.41, 5.74) is 3.00. The Morgan fingerprint density at radius 1 is 1.04 bits per heavy atom. The lowest BCUT2D eigenvalue weighted by Gasteiger charge is -2.20. The van der Waals surface area contributed by atoms with Gasteiger partial charge in [-0.25, -0.2) is 4.79 Å². The minimum atomic E-state index is -0.654. The first kappa shape index (κ1) is 15.4. The Labute approximate surface area is 138 Å². The van der Waals surface area contributed by atoms with Gasteiger partial charge in [0.25, 0.3) is 5.91 Å². The van der Waals surface area contributed by atoms with E-state index >= 15 is 0 Å². The number of nitriles is 1. The van der Waals surface area contributed by atoms with Gasteiger partial charge in [-0.2, -0.15) is 5.26 Å². The second-order valence-electron chi connectivity index (χ2n) is 5.21. The quantitative estimate of drug-likeness (QED) is 0.679. The van der Waals surface area contributed by atoms with Crippen molar-refractivity contribution in [2.75, 3.05) is 29.0 Å².